The number of allylic oxidation sites excluding steroid dienone is 1. The second-order valence-electron chi connectivity index (χ2n) is 9.73. The highest BCUT2D eigenvalue weighted by atomic mass is 35.5. The molecule has 3 aromatic carbocycles. The SMILES string of the molecule is COc1cc(C2C(C(=O)Nc3ccc(C)cc3C)=C(C)Nc3nc(SCc4ccccc4Cl)nn32)cc([N+](=O)[O-])c1O. The van der Waals surface area contributed by atoms with Crippen LogP contribution < -0.4 is 15.4 Å². The van der Waals surface area contributed by atoms with E-state index in [4.69, 9.17) is 16.3 Å². The number of aromatic hydroxyl groups is 1. The van der Waals surface area contributed by atoms with Crippen molar-refractivity contribution in [1.82, 2.24) is 14.8 Å². The van der Waals surface area contributed by atoms with Crippen LogP contribution in [0.25, 0.3) is 0 Å². The number of nitrogens with zero attached hydrogens (tertiary/aromatic N) is 4. The number of nitro benzene ring substituents is 1. The molecule has 0 bridgehead atoms. The van der Waals surface area contributed by atoms with Crippen LogP contribution in [0.4, 0.5) is 17.3 Å². The fourth-order valence-corrected chi connectivity index (χ4v) is 5.88. The average Bonchev–Trinajstić information content (AvgIpc) is 3.35. The molecule has 0 saturated heterocycles. The van der Waals surface area contributed by atoms with Crippen LogP contribution >= 0.6 is 23.4 Å². The third kappa shape index (κ3) is 5.63. The number of ether oxygens (including phenoxy) is 1. The Bertz CT molecular complexity index is 1750. The lowest BCUT2D eigenvalue weighted by Crippen LogP contribution is -2.31. The molecular formula is C29H27ClN6O5S. The molecule has 0 saturated carbocycles. The predicted octanol–water partition coefficient (Wildman–Crippen LogP) is 6.39. The number of fused-ring (bicyclic) bond motifs is 1. The maximum absolute atomic E-state index is 13.9. The Hall–Kier alpha value is -4.55. The number of hydrogen-bond donors (Lipinski definition) is 3. The van der Waals surface area contributed by atoms with Gasteiger partial charge in [-0.1, -0.05) is 59.3 Å². The Balaban J connectivity index is 1.60. The van der Waals surface area contributed by atoms with E-state index in [1.54, 1.807) is 13.0 Å². The molecule has 1 atom stereocenters. The highest BCUT2D eigenvalue weighted by Crippen LogP contribution is 2.43. The summed E-state index contributed by atoms with van der Waals surface area (Å²) >= 11 is 7.68. The van der Waals surface area contributed by atoms with Crippen molar-refractivity contribution >= 4 is 46.6 Å². The van der Waals surface area contributed by atoms with Crippen LogP contribution in [-0.2, 0) is 10.5 Å². The summed E-state index contributed by atoms with van der Waals surface area (Å²) in [5.41, 5.74) is 3.94. The van der Waals surface area contributed by atoms with Gasteiger partial charge in [0.2, 0.25) is 16.9 Å². The highest BCUT2D eigenvalue weighted by Gasteiger charge is 2.36. The molecule has 0 aliphatic carbocycles. The number of nitro groups is 1. The first-order chi connectivity index (χ1) is 20.1. The number of benzene rings is 3. The minimum Gasteiger partial charge on any atom is -0.500 e. The van der Waals surface area contributed by atoms with Crippen molar-refractivity contribution in [2.75, 3.05) is 17.7 Å². The molecule has 216 valence electrons. The summed E-state index contributed by atoms with van der Waals surface area (Å²) in [6, 6.07) is 14.9. The van der Waals surface area contributed by atoms with Gasteiger partial charge in [0.25, 0.3) is 5.91 Å². The maximum atomic E-state index is 13.9. The maximum Gasteiger partial charge on any atom is 0.315 e. The number of phenolic OH excluding ortho intramolecular Hbond substituents is 1. The first-order valence-electron chi connectivity index (χ1n) is 12.8. The summed E-state index contributed by atoms with van der Waals surface area (Å²) in [4.78, 5) is 29.7. The number of carbonyl (C=O) groups excluding carboxylic acids is 1. The quantitative estimate of drug-likeness (QED) is 0.118. The minimum absolute atomic E-state index is 0.112. The normalized spacial score (nSPS) is 14.3. The number of nitrogens with one attached hydrogen (secondary N) is 2. The lowest BCUT2D eigenvalue weighted by molar-refractivity contribution is -0.386. The van der Waals surface area contributed by atoms with Gasteiger partial charge >= 0.3 is 5.69 Å². The molecule has 0 fully saturated rings. The highest BCUT2D eigenvalue weighted by molar-refractivity contribution is 7.98. The molecule has 0 radical (unpaired) electrons. The number of amides is 1. The average molecular weight is 607 g/mol. The molecule has 13 heteroatoms. The molecule has 11 nitrogen and oxygen atoms in total. The second kappa shape index (κ2) is 11.7. The van der Waals surface area contributed by atoms with Gasteiger partial charge in [-0.25, -0.2) is 4.68 Å². The lowest BCUT2D eigenvalue weighted by atomic mass is 9.94. The molecule has 1 aromatic heterocycles. The van der Waals surface area contributed by atoms with Gasteiger partial charge in [0.15, 0.2) is 5.75 Å². The first kappa shape index (κ1) is 29.0. The molecular weight excluding hydrogens is 580 g/mol. The Morgan fingerprint density at radius 3 is 2.67 bits per heavy atom. The van der Waals surface area contributed by atoms with E-state index in [2.05, 4.69) is 20.7 Å². The molecule has 2 heterocycles. The Kier molecular flexibility index (Phi) is 8.10. The molecule has 5 rings (SSSR count). The number of phenols is 1. The Morgan fingerprint density at radius 1 is 1.21 bits per heavy atom. The Labute approximate surface area is 250 Å². The molecule has 1 unspecified atom stereocenters. The van der Waals surface area contributed by atoms with Crippen molar-refractivity contribution < 1.29 is 19.6 Å². The smallest absolute Gasteiger partial charge is 0.315 e. The van der Waals surface area contributed by atoms with E-state index in [0.29, 0.717) is 38.8 Å². The fraction of sp³-hybridized carbons (Fsp3) is 0.207. The molecule has 0 spiro atoms. The van der Waals surface area contributed by atoms with Crippen LogP contribution in [0, 0.1) is 24.0 Å². The van der Waals surface area contributed by atoms with Gasteiger partial charge in [0, 0.05) is 28.2 Å². The molecule has 1 aliphatic rings. The summed E-state index contributed by atoms with van der Waals surface area (Å²) in [5.74, 6) is -0.315. The van der Waals surface area contributed by atoms with Crippen LogP contribution in [0.2, 0.25) is 5.02 Å². The third-order valence-corrected chi connectivity index (χ3v) is 8.09. The summed E-state index contributed by atoms with van der Waals surface area (Å²) < 4.78 is 6.76. The number of aryl methyl sites for hydroxylation is 2. The van der Waals surface area contributed by atoms with Crippen molar-refractivity contribution in [3.63, 3.8) is 0 Å². The Morgan fingerprint density at radius 2 is 1.98 bits per heavy atom. The van der Waals surface area contributed by atoms with Gasteiger partial charge in [-0.3, -0.25) is 14.9 Å². The zero-order chi connectivity index (χ0) is 30.1. The molecule has 42 heavy (non-hydrogen) atoms. The lowest BCUT2D eigenvalue weighted by Gasteiger charge is -2.29. The van der Waals surface area contributed by atoms with Gasteiger partial charge < -0.3 is 20.5 Å². The zero-order valence-electron chi connectivity index (χ0n) is 23.1. The standard InChI is InChI=1S/C29H27ClN6O5S/c1-15-9-10-21(16(2)11-15)32-27(38)24-17(3)31-28-33-29(42-14-18-7-5-6-8-20(18)30)34-35(28)25(24)19-12-22(36(39)40)26(37)23(13-19)41-4/h5-13,25,37H,14H2,1-4H3,(H,32,38)(H,31,33,34). The monoisotopic (exact) mass is 606 g/mol. The van der Waals surface area contributed by atoms with Gasteiger partial charge in [-0.05, 0) is 55.7 Å². The second-order valence-corrected chi connectivity index (χ2v) is 11.1. The molecule has 1 aliphatic heterocycles. The van der Waals surface area contributed by atoms with Crippen molar-refractivity contribution in [3.8, 4) is 11.5 Å². The van der Waals surface area contributed by atoms with E-state index < -0.39 is 28.3 Å². The zero-order valence-corrected chi connectivity index (χ0v) is 24.7. The number of rotatable bonds is 8. The van der Waals surface area contributed by atoms with E-state index >= 15 is 0 Å². The van der Waals surface area contributed by atoms with Crippen LogP contribution in [0.1, 0.15) is 35.2 Å². The number of aromatic nitrogens is 3. The number of anilines is 2. The number of hydrogen-bond acceptors (Lipinski definition) is 9. The summed E-state index contributed by atoms with van der Waals surface area (Å²) in [6.07, 6.45) is 0. The van der Waals surface area contributed by atoms with Crippen LogP contribution in [0.15, 0.2) is 71.0 Å². The van der Waals surface area contributed by atoms with Crippen molar-refractivity contribution in [3.05, 3.63) is 103 Å². The van der Waals surface area contributed by atoms with Gasteiger partial charge in [-0.2, -0.15) is 4.98 Å². The van der Waals surface area contributed by atoms with E-state index in [0.717, 1.165) is 16.7 Å². The van der Waals surface area contributed by atoms with E-state index in [1.807, 2.05) is 50.2 Å². The number of carbonyl (C=O) groups is 1. The summed E-state index contributed by atoms with van der Waals surface area (Å²) in [7, 11) is 1.30. The predicted molar refractivity (Wildman–Crippen MR) is 161 cm³/mol. The van der Waals surface area contributed by atoms with Crippen LogP contribution in [0.3, 0.4) is 0 Å². The van der Waals surface area contributed by atoms with E-state index in [1.165, 1.54) is 35.7 Å². The van der Waals surface area contributed by atoms with Gasteiger partial charge in [-0.15, -0.1) is 5.10 Å². The van der Waals surface area contributed by atoms with Gasteiger partial charge in [0.05, 0.1) is 17.6 Å². The number of halogens is 1. The van der Waals surface area contributed by atoms with Crippen LogP contribution in [-0.4, -0.2) is 37.8 Å². The molecule has 3 N–H and O–H groups in total. The fourth-order valence-electron chi connectivity index (χ4n) is 4.76. The van der Waals surface area contributed by atoms with Gasteiger partial charge in [0.1, 0.15) is 6.04 Å². The summed E-state index contributed by atoms with van der Waals surface area (Å²) in [5, 5.41) is 34.1. The topological polar surface area (TPSA) is 144 Å². The molecule has 4 aromatic rings. The minimum atomic E-state index is -0.942. The first-order valence-corrected chi connectivity index (χ1v) is 14.2. The van der Waals surface area contributed by atoms with Crippen molar-refractivity contribution in [2.45, 2.75) is 37.7 Å². The third-order valence-electron chi connectivity index (χ3n) is 6.83. The van der Waals surface area contributed by atoms with Crippen molar-refractivity contribution in [1.29, 1.82) is 0 Å². The van der Waals surface area contributed by atoms with E-state index in [9.17, 15) is 20.0 Å². The largest absolute Gasteiger partial charge is 0.500 e. The van der Waals surface area contributed by atoms with E-state index in [-0.39, 0.29) is 11.3 Å². The summed E-state index contributed by atoms with van der Waals surface area (Å²) in [6.45, 7) is 5.59. The van der Waals surface area contributed by atoms with Crippen LogP contribution in [0.5, 0.6) is 11.5 Å². The number of thioether (sulfide) groups is 1. The molecule has 1 amide bonds. The number of methoxy groups -OCH3 is 1. The van der Waals surface area contributed by atoms with Crippen molar-refractivity contribution in [2.24, 2.45) is 0 Å².